The van der Waals surface area contributed by atoms with Crippen molar-refractivity contribution in [3.63, 3.8) is 0 Å². The van der Waals surface area contributed by atoms with Crippen LogP contribution in [0, 0.1) is 0 Å². The zero-order valence-corrected chi connectivity index (χ0v) is 33.9. The number of pyridine rings is 2. The van der Waals surface area contributed by atoms with Crippen LogP contribution in [0.5, 0.6) is 23.0 Å². The molecule has 6 rings (SSSR count). The Hall–Kier alpha value is -5.14. The third-order valence-corrected chi connectivity index (χ3v) is 28.7. The minimum absolute atomic E-state index is 0.216. The van der Waals surface area contributed by atoms with Crippen molar-refractivity contribution >= 4 is 64.4 Å². The van der Waals surface area contributed by atoms with Crippen molar-refractivity contribution in [1.29, 1.82) is 0 Å². The van der Waals surface area contributed by atoms with Gasteiger partial charge in [0, 0.05) is 0 Å². The number of nitrogens with zero attached hydrogens (tertiary/aromatic N) is 2. The van der Waals surface area contributed by atoms with E-state index in [1.807, 2.05) is 48.5 Å². The Labute approximate surface area is 317 Å². The molecule has 53 heavy (non-hydrogen) atoms. The summed E-state index contributed by atoms with van der Waals surface area (Å²) in [6.07, 6.45) is 6.01. The van der Waals surface area contributed by atoms with E-state index in [1.54, 1.807) is 114 Å². The van der Waals surface area contributed by atoms with E-state index in [-0.39, 0.29) is 11.1 Å². The normalized spacial score (nSPS) is 11.8. The Bertz CT molecular complexity index is 1870. The molecule has 2 aromatic heterocycles. The number of benzene rings is 4. The van der Waals surface area contributed by atoms with E-state index < -0.39 is 49.9 Å². The van der Waals surface area contributed by atoms with Crippen molar-refractivity contribution in [3.05, 3.63) is 157 Å². The van der Waals surface area contributed by atoms with Gasteiger partial charge >= 0.3 is 319 Å². The second-order valence-corrected chi connectivity index (χ2v) is 26.1. The summed E-state index contributed by atoms with van der Waals surface area (Å²) in [5.41, 5.74) is 0.432. The van der Waals surface area contributed by atoms with E-state index in [9.17, 15) is 9.59 Å². The SMILES string of the molecule is COc1ccc([Te](OC(=O)c2cccnc2)(O[Te](OC(=O)c2cccnc2)(c2ccc(OC)cc2)c2ccc(OC)cc2)c2ccc(OC)cc2)cc1. The van der Waals surface area contributed by atoms with Crippen LogP contribution in [-0.4, -0.2) is 88.4 Å². The van der Waals surface area contributed by atoms with E-state index in [4.69, 9.17) is 26.6 Å². The Morgan fingerprint density at radius 2 is 0.717 bits per heavy atom. The van der Waals surface area contributed by atoms with E-state index in [0.717, 1.165) is 0 Å². The molecule has 0 aliphatic heterocycles. The van der Waals surface area contributed by atoms with Gasteiger partial charge in [0.25, 0.3) is 0 Å². The van der Waals surface area contributed by atoms with Gasteiger partial charge < -0.3 is 0 Å². The Morgan fingerprint density at radius 3 is 0.943 bits per heavy atom. The van der Waals surface area contributed by atoms with Gasteiger partial charge in [-0.2, -0.15) is 0 Å². The summed E-state index contributed by atoms with van der Waals surface area (Å²) in [4.78, 5) is 37.0. The van der Waals surface area contributed by atoms with Crippen LogP contribution in [0.3, 0.4) is 0 Å². The monoisotopic (exact) mass is 948 g/mol. The fraction of sp³-hybridized carbons (Fsp3) is 0.100. The van der Waals surface area contributed by atoms with Crippen molar-refractivity contribution in [2.75, 3.05) is 28.4 Å². The second kappa shape index (κ2) is 17.1. The summed E-state index contributed by atoms with van der Waals surface area (Å²) >= 11 is -10.4. The van der Waals surface area contributed by atoms with Crippen molar-refractivity contribution < 1.29 is 36.2 Å². The first-order valence-corrected chi connectivity index (χ1v) is 24.5. The van der Waals surface area contributed by atoms with Gasteiger partial charge in [0.2, 0.25) is 0 Å². The maximum absolute atomic E-state index is 14.4. The molecular weight excluding hydrogens is 908 g/mol. The number of carbonyl (C=O) groups is 2. The molecule has 11 nitrogen and oxygen atoms in total. The predicted molar refractivity (Wildman–Crippen MR) is 202 cm³/mol. The second-order valence-electron chi connectivity index (χ2n) is 11.0. The van der Waals surface area contributed by atoms with Gasteiger partial charge in [-0.25, -0.2) is 0 Å². The van der Waals surface area contributed by atoms with Gasteiger partial charge in [-0.1, -0.05) is 0 Å². The first-order valence-electron chi connectivity index (χ1n) is 16.1. The Kier molecular flexibility index (Phi) is 12.2. The molecule has 0 fully saturated rings. The molecule has 0 spiro atoms. The van der Waals surface area contributed by atoms with Crippen LogP contribution in [0.2, 0.25) is 0 Å². The molecule has 13 heteroatoms. The average molecular weight is 944 g/mol. The molecule has 272 valence electrons. The first-order chi connectivity index (χ1) is 25.8. The average Bonchev–Trinajstić information content (AvgIpc) is 3.23. The summed E-state index contributed by atoms with van der Waals surface area (Å²) in [6.45, 7) is 0. The van der Waals surface area contributed by atoms with E-state index in [1.165, 1.54) is 12.4 Å². The molecule has 0 amide bonds. The number of hydrogen-bond donors (Lipinski definition) is 0. The maximum atomic E-state index is 14.4. The van der Waals surface area contributed by atoms with Crippen LogP contribution < -0.4 is 33.4 Å². The van der Waals surface area contributed by atoms with Gasteiger partial charge in [0.1, 0.15) is 0 Å². The fourth-order valence-electron chi connectivity index (χ4n) is 5.08. The predicted octanol–water partition coefficient (Wildman–Crippen LogP) is 4.05. The topological polar surface area (TPSA) is 125 Å². The molecule has 0 bridgehead atoms. The first kappa shape index (κ1) is 37.6. The van der Waals surface area contributed by atoms with Crippen LogP contribution in [0.1, 0.15) is 20.7 Å². The summed E-state index contributed by atoms with van der Waals surface area (Å²) in [7, 11) is 6.27. The number of methoxy groups -OCH3 is 4. The van der Waals surface area contributed by atoms with Crippen LogP contribution >= 0.6 is 0 Å². The molecule has 0 aliphatic rings. The third kappa shape index (κ3) is 8.26. The van der Waals surface area contributed by atoms with Crippen molar-refractivity contribution in [2.45, 2.75) is 0 Å². The Balaban J connectivity index is 1.69. The third-order valence-electron chi connectivity index (χ3n) is 7.85. The van der Waals surface area contributed by atoms with Crippen molar-refractivity contribution in [2.24, 2.45) is 0 Å². The van der Waals surface area contributed by atoms with Gasteiger partial charge in [-0.05, 0) is 0 Å². The van der Waals surface area contributed by atoms with E-state index in [2.05, 4.69) is 9.97 Å². The summed E-state index contributed by atoms with van der Waals surface area (Å²) in [5, 5.41) is 0. The zero-order chi connectivity index (χ0) is 37.3. The Morgan fingerprint density at radius 1 is 0.434 bits per heavy atom. The summed E-state index contributed by atoms with van der Waals surface area (Å²) in [6, 6.07) is 35.3. The molecule has 0 aliphatic carbocycles. The molecule has 2 heterocycles. The van der Waals surface area contributed by atoms with E-state index >= 15 is 0 Å². The summed E-state index contributed by atoms with van der Waals surface area (Å²) in [5.74, 6) is 1.01. The molecule has 0 radical (unpaired) electrons. The van der Waals surface area contributed by atoms with Gasteiger partial charge in [-0.15, -0.1) is 0 Å². The van der Waals surface area contributed by atoms with Crippen LogP contribution in [0.4, 0.5) is 0 Å². The quantitative estimate of drug-likeness (QED) is 0.147. The molecule has 4 aromatic carbocycles. The number of ether oxygens (including phenoxy) is 4. The fourth-order valence-corrected chi connectivity index (χ4v) is 29.2. The minimum atomic E-state index is -5.18. The van der Waals surface area contributed by atoms with Gasteiger partial charge in [0.05, 0.1) is 0 Å². The van der Waals surface area contributed by atoms with E-state index in [0.29, 0.717) is 37.4 Å². The van der Waals surface area contributed by atoms with Crippen molar-refractivity contribution in [3.8, 4) is 23.0 Å². The standard InChI is InChI=1S/C40H36N2O9Te2/c1-45-31-9-17-35(18-10-31)52(36-19-11-32(46-2)12-20-36,49-39(43)29-7-5-25-41-27-29)51-53(37-21-13-33(47-3)14-22-37,38-23-15-34(48-4)16-24-38)50-40(44)30-8-6-26-42-28-30/h5-28H,1-4H3. The summed E-state index contributed by atoms with van der Waals surface area (Å²) < 4.78 is 45.8. The molecule has 0 atom stereocenters. The van der Waals surface area contributed by atoms with Crippen LogP contribution in [0.25, 0.3) is 0 Å². The molecule has 6 aromatic rings. The van der Waals surface area contributed by atoms with Crippen molar-refractivity contribution in [1.82, 2.24) is 9.97 Å². The number of hydrogen-bond acceptors (Lipinski definition) is 11. The van der Waals surface area contributed by atoms with Gasteiger partial charge in [0.15, 0.2) is 0 Å². The molecule has 0 unspecified atom stereocenters. The molecular formula is C40H36N2O9Te2. The number of rotatable bonds is 14. The number of carbonyl (C=O) groups excluding carboxylic acids is 2. The molecule has 0 saturated carbocycles. The van der Waals surface area contributed by atoms with Crippen LogP contribution in [0.15, 0.2) is 146 Å². The van der Waals surface area contributed by atoms with Crippen LogP contribution in [-0.2, 0) is 7.67 Å². The number of aromatic nitrogens is 2. The zero-order valence-electron chi connectivity index (χ0n) is 29.2. The molecule has 0 saturated heterocycles. The van der Waals surface area contributed by atoms with Gasteiger partial charge in [-0.3, -0.25) is 0 Å². The molecule has 0 N–H and O–H groups in total.